The third-order valence-corrected chi connectivity index (χ3v) is 18.4. The van der Waals surface area contributed by atoms with Crippen molar-refractivity contribution in [1.29, 1.82) is 0 Å². The van der Waals surface area contributed by atoms with Crippen LogP contribution < -0.4 is 40.4 Å². The second-order valence-corrected chi connectivity index (χ2v) is 23.6. The molecule has 2 saturated carbocycles. The van der Waals surface area contributed by atoms with Crippen molar-refractivity contribution >= 4 is 56.2 Å². The van der Waals surface area contributed by atoms with Crippen LogP contribution in [0.3, 0.4) is 0 Å². The van der Waals surface area contributed by atoms with E-state index in [1.54, 1.807) is 18.6 Å². The molecule has 3 saturated heterocycles. The van der Waals surface area contributed by atoms with Gasteiger partial charge in [0.2, 0.25) is 24.0 Å². The highest BCUT2D eigenvalue weighted by Gasteiger charge is 2.54. The van der Waals surface area contributed by atoms with Crippen molar-refractivity contribution in [3.8, 4) is 50.8 Å². The molecule has 0 spiro atoms. The van der Waals surface area contributed by atoms with E-state index in [9.17, 15) is 0 Å². The highest BCUT2D eigenvalue weighted by molar-refractivity contribution is 6.02. The minimum Gasteiger partial charge on any atom is -0.337 e. The van der Waals surface area contributed by atoms with Gasteiger partial charge in [-0.3, -0.25) is 20.1 Å². The lowest BCUT2D eigenvalue weighted by molar-refractivity contribution is -0.652. The molecule has 0 amide bonds. The number of hydrogen-bond acceptors (Lipinski definition) is 21. The molecule has 12 heterocycles. The molecule has 2 aliphatic carbocycles. The van der Waals surface area contributed by atoms with Crippen molar-refractivity contribution in [3.05, 3.63) is 117 Å². The van der Waals surface area contributed by atoms with E-state index in [-0.39, 0.29) is 12.1 Å². The second-order valence-electron chi connectivity index (χ2n) is 23.6. The molecule has 6 atom stereocenters. The van der Waals surface area contributed by atoms with Gasteiger partial charge in [0, 0.05) is 148 Å². The quantitative estimate of drug-likeness (QED) is 0.0896. The molecule has 27 nitrogen and oxygen atoms in total. The number of H-pyrrole nitrogens is 3. The van der Waals surface area contributed by atoms with Gasteiger partial charge in [0.25, 0.3) is 5.69 Å². The molecule has 8 aromatic heterocycles. The number of aromatic amines is 3. The smallest absolute Gasteiger partial charge is 0.264 e. The van der Waals surface area contributed by atoms with Gasteiger partial charge in [-0.05, 0) is 87.4 Å². The van der Waals surface area contributed by atoms with Crippen LogP contribution in [0.2, 0.25) is 0 Å². The molecule has 11 aromatic rings. The van der Waals surface area contributed by atoms with Crippen LogP contribution in [0.5, 0.6) is 0 Å². The summed E-state index contributed by atoms with van der Waals surface area (Å²) in [7, 11) is 2.35. The van der Waals surface area contributed by atoms with Crippen molar-refractivity contribution < 1.29 is 4.68 Å². The van der Waals surface area contributed by atoms with Crippen LogP contribution in [0, 0.1) is 17.8 Å². The standard InChI is InChI=1S/C59H61N27/c1-34-29-81(58-62-26-44(70-76-58)36-8-10-48(83-17-3-12-66-83)53-41(36)24-64-73-53)31-47(69-34)38-22-40(38)52-33-82(32-51(79(52)2)35-6-7-35)59-63-27-45(71-77-59)37-9-11-49(84-18-4-13-67-84)54-43(37)30-86(78-54)50-23-39(42-25-65-74-55(42)56(50)85-19-5-14-68-85)46-28-61-57(75-72-46)80-20-15-60-16-21-80/h3-5,8-12,14,17-19,23-28,30,34-35,38,40,47,51-52,60,67,69H,6-7,13,15-16,20-22,29,31-33H2,1-2H3,(H2,64,65,70,72,73,74)/p+1/t34-,38?,40?,47-,51-,52?/m1/s1. The molecular formula is C59H62N27+. The zero-order valence-electron chi connectivity index (χ0n) is 47.4. The summed E-state index contributed by atoms with van der Waals surface area (Å²) in [5.74, 6) is 3.57. The zero-order valence-corrected chi connectivity index (χ0v) is 47.4. The Morgan fingerprint density at radius 3 is 1.94 bits per heavy atom. The Balaban J connectivity index is 0.647. The Labute approximate surface area is 491 Å². The summed E-state index contributed by atoms with van der Waals surface area (Å²) in [6.07, 6.45) is 26.5. The van der Waals surface area contributed by atoms with Gasteiger partial charge in [0.15, 0.2) is 5.69 Å². The number of rotatable bonds is 13. The average molecular weight is 1150 g/mol. The highest BCUT2D eigenvalue weighted by atomic mass is 15.5. The first-order valence-electron chi connectivity index (χ1n) is 29.7. The van der Waals surface area contributed by atoms with Crippen molar-refractivity contribution in [2.75, 3.05) is 85.7 Å². The predicted octanol–water partition coefficient (Wildman–Crippen LogP) is 3.77. The molecule has 3 unspecified atom stereocenters. The van der Waals surface area contributed by atoms with E-state index >= 15 is 0 Å². The van der Waals surface area contributed by atoms with Crippen molar-refractivity contribution in [1.82, 2.24) is 112 Å². The minimum atomic E-state index is 0.252. The number of anilines is 4. The van der Waals surface area contributed by atoms with E-state index < -0.39 is 0 Å². The minimum absolute atomic E-state index is 0.252. The van der Waals surface area contributed by atoms with E-state index in [2.05, 4.69) is 122 Å². The van der Waals surface area contributed by atoms with Crippen LogP contribution in [-0.4, -0.2) is 186 Å². The van der Waals surface area contributed by atoms with Gasteiger partial charge in [-0.1, -0.05) is 10.8 Å². The highest BCUT2D eigenvalue weighted by Crippen LogP contribution is 2.50. The Morgan fingerprint density at radius 1 is 0.616 bits per heavy atom. The molecule has 27 heteroatoms. The molecule has 6 N–H and O–H groups in total. The molecule has 6 aliphatic rings. The number of aromatic nitrogens is 19. The molecule has 432 valence electrons. The van der Waals surface area contributed by atoms with Crippen molar-refractivity contribution in [3.63, 3.8) is 0 Å². The van der Waals surface area contributed by atoms with Crippen molar-refractivity contribution in [2.45, 2.75) is 50.4 Å². The van der Waals surface area contributed by atoms with E-state index in [1.165, 1.54) is 12.8 Å². The van der Waals surface area contributed by atoms with E-state index in [1.807, 2.05) is 80.5 Å². The van der Waals surface area contributed by atoms with Gasteiger partial charge >= 0.3 is 0 Å². The Hall–Kier alpha value is -9.70. The monoisotopic (exact) mass is 1150 g/mol. The maximum atomic E-state index is 5.16. The number of fused-ring (bicyclic) bond motifs is 3. The van der Waals surface area contributed by atoms with Crippen LogP contribution in [0.25, 0.3) is 83.5 Å². The van der Waals surface area contributed by atoms with Gasteiger partial charge in [-0.15, -0.1) is 30.6 Å². The number of nitrogens with one attached hydrogen (secondary N) is 6. The number of nitrogens with zero attached hydrogens (tertiary/aromatic N) is 21. The summed E-state index contributed by atoms with van der Waals surface area (Å²) in [6.45, 7) is 9.65. The summed E-state index contributed by atoms with van der Waals surface area (Å²) >= 11 is 0. The van der Waals surface area contributed by atoms with Crippen LogP contribution >= 0.6 is 0 Å². The number of hydrogen-bond donors (Lipinski definition) is 6. The molecule has 0 radical (unpaired) electrons. The molecular weight excluding hydrogens is 1090 g/mol. The Morgan fingerprint density at radius 2 is 1.27 bits per heavy atom. The van der Waals surface area contributed by atoms with Crippen LogP contribution in [0.1, 0.15) is 26.2 Å². The fraction of sp³-hybridized carbons (Fsp3) is 0.356. The lowest BCUT2D eigenvalue weighted by atomic mass is 9.96. The predicted molar refractivity (Wildman–Crippen MR) is 321 cm³/mol. The van der Waals surface area contributed by atoms with Gasteiger partial charge in [-0.25, -0.2) is 29.7 Å². The summed E-state index contributed by atoms with van der Waals surface area (Å²) < 4.78 is 5.72. The van der Waals surface area contributed by atoms with Crippen LogP contribution in [0.15, 0.2) is 117 Å². The summed E-state index contributed by atoms with van der Waals surface area (Å²) in [6, 6.07) is 15.5. The van der Waals surface area contributed by atoms with E-state index in [0.717, 1.165) is 131 Å². The normalized spacial score (nSPS) is 22.8. The average Bonchev–Trinajstić information content (AvgIpc) is 1.94. The molecule has 5 fully saturated rings. The molecule has 4 aliphatic heterocycles. The summed E-state index contributed by atoms with van der Waals surface area (Å²) in [5, 5.41) is 69.3. The first-order valence-corrected chi connectivity index (χ1v) is 29.7. The number of benzene rings is 3. The van der Waals surface area contributed by atoms with Gasteiger partial charge in [0.1, 0.15) is 22.6 Å². The fourth-order valence-electron chi connectivity index (χ4n) is 13.9. The van der Waals surface area contributed by atoms with E-state index in [4.69, 9.17) is 45.5 Å². The van der Waals surface area contributed by atoms with Gasteiger partial charge in [0.05, 0.1) is 58.8 Å². The molecule has 86 heavy (non-hydrogen) atoms. The van der Waals surface area contributed by atoms with Crippen LogP contribution in [0.4, 0.5) is 23.5 Å². The largest absolute Gasteiger partial charge is 0.337 e. The Kier molecular flexibility index (Phi) is 12.1. The first kappa shape index (κ1) is 50.8. The maximum absolute atomic E-state index is 5.16. The topological polar surface area (TPSA) is 281 Å². The lowest BCUT2D eigenvalue weighted by Gasteiger charge is -2.46. The second kappa shape index (κ2) is 20.5. The Bertz CT molecular complexity index is 4300. The number of piperazine rings is 3. The lowest BCUT2D eigenvalue weighted by Crippen LogP contribution is -2.60. The maximum Gasteiger partial charge on any atom is 0.264 e. The molecule has 17 rings (SSSR count). The number of hydrazine groups is 1. The fourth-order valence-corrected chi connectivity index (χ4v) is 13.9. The summed E-state index contributed by atoms with van der Waals surface area (Å²) in [4.78, 5) is 24.5. The third kappa shape index (κ3) is 8.86. The van der Waals surface area contributed by atoms with Gasteiger partial charge in [-0.2, -0.15) is 25.5 Å². The van der Waals surface area contributed by atoms with Gasteiger partial charge < -0.3 is 25.3 Å². The first-order chi connectivity index (χ1) is 42.4. The zero-order chi connectivity index (χ0) is 57.0. The summed E-state index contributed by atoms with van der Waals surface area (Å²) in [5.41, 5.74) is 14.1. The van der Waals surface area contributed by atoms with Crippen molar-refractivity contribution in [2.24, 2.45) is 17.8 Å². The van der Waals surface area contributed by atoms with E-state index in [0.29, 0.717) is 71.3 Å². The van der Waals surface area contributed by atoms with Crippen LogP contribution in [-0.2, 0) is 0 Å². The molecule has 0 bridgehead atoms. The number of likely N-dealkylation sites (N-methyl/N-ethyl adjacent to an activating group) is 1. The molecule has 3 aromatic carbocycles. The SMILES string of the molecule is C[C@@H]1CN(c2ncc(-c3ccc(-n4cccn4)c4[nH]ncc34)nn2)C[C@H](C2CC2C2CN(c3ncc(-c4ccc(N5C=CCN5)c5[nH][n+](-c6cc(-c7cnc(N8CCNCC8)nn7)c7cn[nH]c7c6-n6cccn6)cc45)nn3)C[C@H](C3CC3)N2C)N1. The third-order valence-electron chi connectivity index (χ3n) is 18.4.